The predicted octanol–water partition coefficient (Wildman–Crippen LogP) is 12.0. The molecule has 1 aliphatic heterocycles. The number of ether oxygens (including phenoxy) is 2. The maximum atomic E-state index is 14.8. The van der Waals surface area contributed by atoms with Crippen LogP contribution in [0.1, 0.15) is 52.0 Å². The third-order valence-electron chi connectivity index (χ3n) is 14.0. The van der Waals surface area contributed by atoms with Crippen molar-refractivity contribution in [2.45, 2.75) is 56.7 Å². The molecule has 9 aromatic heterocycles. The Kier molecular flexibility index (Phi) is 20.8. The molecule has 1 saturated heterocycles. The Morgan fingerprint density at radius 1 is 0.500 bits per heavy atom. The van der Waals surface area contributed by atoms with Crippen LogP contribution in [0.2, 0.25) is 0 Å². The third kappa shape index (κ3) is 14.4. The second-order valence-corrected chi connectivity index (χ2v) is 20.2. The molecule has 0 bridgehead atoms. The molecular formula is C66H74FN17O6. The number of nitrogens with two attached hydrogens (primary N) is 3. The fourth-order valence-corrected chi connectivity index (χ4v) is 9.97. The molecule has 0 unspecified atom stereocenters. The van der Waals surface area contributed by atoms with Gasteiger partial charge in [0.1, 0.15) is 18.2 Å². The van der Waals surface area contributed by atoms with Gasteiger partial charge >= 0.3 is 0 Å². The molecule has 0 radical (unpaired) electrons. The lowest BCUT2D eigenvalue weighted by atomic mass is 10.0. The van der Waals surface area contributed by atoms with Crippen molar-refractivity contribution in [3.63, 3.8) is 0 Å². The molecule has 14 rings (SSSR count). The van der Waals surface area contributed by atoms with Crippen molar-refractivity contribution in [1.82, 2.24) is 63.6 Å². The predicted molar refractivity (Wildman–Crippen MR) is 349 cm³/mol. The second kappa shape index (κ2) is 28.8. The van der Waals surface area contributed by atoms with E-state index in [4.69, 9.17) is 39.9 Å². The lowest BCUT2D eigenvalue weighted by Crippen LogP contribution is -2.46. The summed E-state index contributed by atoms with van der Waals surface area (Å²) in [5.41, 5.74) is 30.0. The number of nitrogens with zero attached hydrogens (tertiary/aromatic N) is 14. The molecule has 4 aromatic carbocycles. The van der Waals surface area contributed by atoms with E-state index in [1.54, 1.807) is 74.4 Å². The first kappa shape index (κ1) is 65.2. The molecule has 24 heteroatoms. The van der Waals surface area contributed by atoms with Gasteiger partial charge in [0.05, 0.1) is 54.8 Å². The van der Waals surface area contributed by atoms with Crippen LogP contribution in [0, 0.1) is 19.7 Å². The van der Waals surface area contributed by atoms with Gasteiger partial charge in [0.15, 0.2) is 34.2 Å². The average Bonchev–Trinajstić information content (AvgIpc) is 1.68. The van der Waals surface area contributed by atoms with Crippen molar-refractivity contribution < 1.29 is 32.2 Å². The largest absolute Gasteiger partial charge is 0.491 e. The van der Waals surface area contributed by atoms with Crippen LogP contribution in [0.15, 0.2) is 172 Å². The highest BCUT2D eigenvalue weighted by Gasteiger charge is 2.22. The van der Waals surface area contributed by atoms with Gasteiger partial charge in [-0.1, -0.05) is 83.3 Å². The van der Waals surface area contributed by atoms with Gasteiger partial charge in [0, 0.05) is 80.8 Å². The van der Waals surface area contributed by atoms with Crippen LogP contribution in [0.5, 0.6) is 5.75 Å². The summed E-state index contributed by atoms with van der Waals surface area (Å²) < 4.78 is 45.9. The lowest BCUT2D eigenvalue weighted by molar-refractivity contribution is 0.146. The van der Waals surface area contributed by atoms with E-state index in [0.29, 0.717) is 88.0 Å². The molecule has 1 aliphatic rings. The highest BCUT2D eigenvalue weighted by atomic mass is 19.1. The van der Waals surface area contributed by atoms with Crippen LogP contribution in [-0.4, -0.2) is 115 Å². The number of nitrogen functional groups attached to an aromatic ring is 3. The van der Waals surface area contributed by atoms with Gasteiger partial charge in [-0.05, 0) is 97.8 Å². The summed E-state index contributed by atoms with van der Waals surface area (Å²) in [6.45, 7) is 8.84. The Balaban J connectivity index is 0.000000181. The zero-order chi connectivity index (χ0) is 59.3. The van der Waals surface area contributed by atoms with Crippen molar-refractivity contribution in [2.75, 3.05) is 68.6 Å². The number of halogens is 1. The molecule has 0 aliphatic carbocycles. The van der Waals surface area contributed by atoms with E-state index in [1.165, 1.54) is 30.7 Å². The number of aryl methyl sites for hydroxylation is 2. The first-order valence-electron chi connectivity index (χ1n) is 27.4. The lowest BCUT2D eigenvalue weighted by Gasteiger charge is -2.36. The molecule has 7 N–H and O–H groups in total. The summed E-state index contributed by atoms with van der Waals surface area (Å²) in [5.74, 6) is 4.13. The topological polar surface area (TPSA) is 292 Å². The first-order valence-corrected chi connectivity index (χ1v) is 27.4. The van der Waals surface area contributed by atoms with Crippen LogP contribution < -0.4 is 26.8 Å². The minimum atomic E-state index is -0.274. The van der Waals surface area contributed by atoms with Crippen molar-refractivity contribution in [2.24, 2.45) is 0 Å². The molecule has 23 nitrogen and oxygen atoms in total. The van der Waals surface area contributed by atoms with E-state index in [1.807, 2.05) is 54.6 Å². The molecular weight excluding hydrogens is 1150 g/mol. The van der Waals surface area contributed by atoms with Gasteiger partial charge < -0.3 is 49.9 Å². The van der Waals surface area contributed by atoms with Gasteiger partial charge in [0.25, 0.3) is 0 Å². The first-order chi connectivity index (χ1) is 41.9. The number of benzene rings is 4. The van der Waals surface area contributed by atoms with E-state index in [2.05, 4.69) is 99.2 Å². The number of aliphatic hydroxyl groups excluding tert-OH is 1. The van der Waals surface area contributed by atoms with Crippen LogP contribution in [0.4, 0.5) is 27.9 Å². The zero-order valence-electron chi connectivity index (χ0n) is 47.0. The van der Waals surface area contributed by atoms with Gasteiger partial charge in [-0.25, -0.2) is 34.3 Å². The number of aliphatic hydroxyl groups is 1. The zero-order valence-corrected chi connectivity index (χ0v) is 47.0. The van der Waals surface area contributed by atoms with Gasteiger partial charge in [-0.15, -0.1) is 15.3 Å². The van der Waals surface area contributed by atoms with Crippen LogP contribution >= 0.6 is 0 Å². The number of methoxy groups -OCH3 is 1. The quantitative estimate of drug-likeness (QED) is 0.0736. The van der Waals surface area contributed by atoms with Crippen LogP contribution in [0.25, 0.3) is 85.5 Å². The van der Waals surface area contributed by atoms with E-state index in [-0.39, 0.29) is 54.0 Å². The summed E-state index contributed by atoms with van der Waals surface area (Å²) >= 11 is 0. The number of hydrogen-bond acceptors (Lipinski definition) is 20. The second-order valence-electron chi connectivity index (χ2n) is 20.2. The number of piperazine rings is 1. The molecule has 0 amide bonds. The number of aromatic nitrogens is 12. The number of hydrogen-bond donors (Lipinski definition) is 4. The highest BCUT2D eigenvalue weighted by Crippen LogP contribution is 2.30. The molecule has 90 heavy (non-hydrogen) atoms. The normalized spacial score (nSPS) is 12.0. The number of fused-ring (bicyclic) bond motifs is 3. The number of furan rings is 3. The standard InChI is InChI=1S/C29H30FN7O3.C17H15N5O.C16H13N5O2.4CH4/c1-38-14-15-39-22-7-8-25(23(30)17-22)36-11-9-35(10-12-36)19-20-4-2-5-21(16-20)24-18-27-33-28(26-6-3-13-40-26)34-37(27)29(31)32-24;1-10-6-11(2)8-12(7-10)13-9-15-20-16(14-4-3-5-23-14)21-22(15)17(18)19-13;17-16-18-12(11-4-1-3-10(7-11)9-22)8-14-19-15(20-21(14)16)13-5-2-6-23-13;;;;/h2-8,13,16-18H,9-12,14-15,19H2,1H3,(H2,31,32);3-9H,1-2H3,(H2,18,19);1-8,22H,9H2,(H2,17,18);4*1H4. The minimum absolute atomic E-state index is 0. The molecule has 13 aromatic rings. The van der Waals surface area contributed by atoms with Crippen LogP contribution in [-0.2, 0) is 17.9 Å². The van der Waals surface area contributed by atoms with E-state index >= 15 is 0 Å². The van der Waals surface area contributed by atoms with E-state index in [9.17, 15) is 9.50 Å². The fourth-order valence-electron chi connectivity index (χ4n) is 9.97. The maximum absolute atomic E-state index is 14.8. The monoisotopic (exact) mass is 1220 g/mol. The Morgan fingerprint density at radius 2 is 0.956 bits per heavy atom. The van der Waals surface area contributed by atoms with Gasteiger partial charge in [0.2, 0.25) is 35.3 Å². The molecule has 1 fully saturated rings. The van der Waals surface area contributed by atoms with E-state index in [0.717, 1.165) is 71.9 Å². The summed E-state index contributed by atoms with van der Waals surface area (Å²) in [5, 5.41) is 22.3. The van der Waals surface area contributed by atoms with Crippen molar-refractivity contribution in [3.8, 4) is 74.3 Å². The Morgan fingerprint density at radius 3 is 1.39 bits per heavy atom. The summed E-state index contributed by atoms with van der Waals surface area (Å²) in [4.78, 5) is 31.3. The fraction of sp³-hybridized carbons (Fsp3) is 0.227. The van der Waals surface area contributed by atoms with E-state index < -0.39 is 0 Å². The molecule has 10 heterocycles. The third-order valence-corrected chi connectivity index (χ3v) is 14.0. The Bertz CT molecular complexity index is 4440. The van der Waals surface area contributed by atoms with Crippen molar-refractivity contribution >= 4 is 40.5 Å². The smallest absolute Gasteiger partial charge is 0.223 e. The molecule has 466 valence electrons. The van der Waals surface area contributed by atoms with Gasteiger partial charge in [-0.2, -0.15) is 13.5 Å². The summed E-state index contributed by atoms with van der Waals surface area (Å²) in [7, 11) is 1.61. The number of anilines is 4. The highest BCUT2D eigenvalue weighted by molar-refractivity contribution is 5.70. The minimum Gasteiger partial charge on any atom is -0.491 e. The SMILES string of the molecule is C.C.C.C.COCCOc1ccc(N2CCN(Cc3cccc(-c4cc5nc(-c6ccco6)nn5c(N)n4)c3)CC2)c(F)c1.Cc1cc(C)cc(-c2cc3nc(-c4ccco4)nn3c(N)n2)c1.Nc1nc(-c2cccc(CO)c2)cc2nc(-c3ccco3)nn12. The van der Waals surface area contributed by atoms with Crippen LogP contribution in [0.3, 0.4) is 0 Å². The van der Waals surface area contributed by atoms with Crippen molar-refractivity contribution in [3.05, 3.63) is 186 Å². The average molecular weight is 1220 g/mol. The summed E-state index contributed by atoms with van der Waals surface area (Å²) in [6.07, 6.45) is 4.73. The molecule has 0 atom stereocenters. The Hall–Kier alpha value is -10.8. The van der Waals surface area contributed by atoms with Gasteiger partial charge in [-0.3, -0.25) is 4.90 Å². The summed E-state index contributed by atoms with van der Waals surface area (Å²) in [6, 6.07) is 43.3. The Labute approximate surface area is 520 Å². The van der Waals surface area contributed by atoms with Crippen molar-refractivity contribution in [1.29, 1.82) is 0 Å². The number of rotatable bonds is 14. The maximum Gasteiger partial charge on any atom is 0.223 e. The molecule has 0 spiro atoms. The molecule has 0 saturated carbocycles.